The number of carbonyl (C=O) groups is 2. The van der Waals surface area contributed by atoms with E-state index in [0.717, 1.165) is 83.5 Å². The number of aliphatic hydroxyl groups is 3. The van der Waals surface area contributed by atoms with Crippen molar-refractivity contribution in [2.24, 2.45) is 0 Å². The first-order valence-corrected chi connectivity index (χ1v) is 25.0. The van der Waals surface area contributed by atoms with Gasteiger partial charge in [0, 0.05) is 12.8 Å². The molecule has 0 amide bonds. The molecule has 0 radical (unpaired) electrons. The van der Waals surface area contributed by atoms with Gasteiger partial charge in [-0.1, -0.05) is 120 Å². The zero-order chi connectivity index (χ0) is 44.6. The summed E-state index contributed by atoms with van der Waals surface area (Å²) in [5.74, 6) is -1.03. The van der Waals surface area contributed by atoms with Crippen LogP contribution in [0.15, 0.2) is 48.6 Å². The lowest BCUT2D eigenvalue weighted by Gasteiger charge is -2.19. The molecule has 0 saturated carbocycles. The summed E-state index contributed by atoms with van der Waals surface area (Å²) in [5.41, 5.74) is 0. The van der Waals surface area contributed by atoms with E-state index in [1.54, 1.807) is 0 Å². The quantitative estimate of drug-likeness (QED) is 0.0167. The number of esters is 2. The number of carbonyl (C=O) groups excluding carboxylic acids is 2. The predicted molar refractivity (Wildman–Crippen MR) is 233 cm³/mol. The van der Waals surface area contributed by atoms with Gasteiger partial charge in [0.15, 0.2) is 0 Å². The molecule has 17 heteroatoms. The second kappa shape index (κ2) is 39.8. The molecular formula is C43H78O15P2. The van der Waals surface area contributed by atoms with Crippen LogP contribution in [0.25, 0.3) is 0 Å². The Morgan fingerprint density at radius 3 is 1.13 bits per heavy atom. The van der Waals surface area contributed by atoms with Gasteiger partial charge in [-0.3, -0.25) is 27.7 Å². The normalized spacial score (nSPS) is 15.8. The molecule has 15 nitrogen and oxygen atoms in total. The number of hydrogen-bond acceptors (Lipinski definition) is 13. The summed E-state index contributed by atoms with van der Waals surface area (Å²) >= 11 is 0. The molecule has 0 aliphatic carbocycles. The number of hydrogen-bond donors (Lipinski definition) is 5. The largest absolute Gasteiger partial charge is 0.472 e. The van der Waals surface area contributed by atoms with E-state index in [1.807, 2.05) is 0 Å². The van der Waals surface area contributed by atoms with Gasteiger partial charge in [-0.2, -0.15) is 0 Å². The Morgan fingerprint density at radius 1 is 0.433 bits per heavy atom. The number of unbranched alkanes of at least 4 members (excludes halogenated alkanes) is 14. The summed E-state index contributed by atoms with van der Waals surface area (Å²) in [5, 5.41) is 29.9. The van der Waals surface area contributed by atoms with Crippen molar-refractivity contribution in [3.05, 3.63) is 48.6 Å². The van der Waals surface area contributed by atoms with E-state index in [1.165, 1.54) is 32.1 Å². The van der Waals surface area contributed by atoms with Crippen LogP contribution in [-0.4, -0.2) is 95.0 Å². The first kappa shape index (κ1) is 58.0. The van der Waals surface area contributed by atoms with Crippen LogP contribution < -0.4 is 0 Å². The minimum Gasteiger partial charge on any atom is -0.463 e. The highest BCUT2D eigenvalue weighted by Gasteiger charge is 2.28. The van der Waals surface area contributed by atoms with Crippen molar-refractivity contribution in [2.45, 2.75) is 173 Å². The first-order chi connectivity index (χ1) is 28.8. The summed E-state index contributed by atoms with van der Waals surface area (Å²) in [7, 11) is -9.57. The van der Waals surface area contributed by atoms with Gasteiger partial charge in [-0.05, 0) is 70.6 Å². The van der Waals surface area contributed by atoms with Gasteiger partial charge in [0.05, 0.1) is 26.4 Å². The second-order valence-corrected chi connectivity index (χ2v) is 17.6. The lowest BCUT2D eigenvalue weighted by atomic mass is 10.1. The third-order valence-corrected chi connectivity index (χ3v) is 10.7. The van der Waals surface area contributed by atoms with Crippen LogP contribution in [0.1, 0.15) is 155 Å². The van der Waals surface area contributed by atoms with E-state index in [4.69, 9.17) is 9.47 Å². The monoisotopic (exact) mass is 896 g/mol. The third kappa shape index (κ3) is 41.4. The van der Waals surface area contributed by atoms with Crippen molar-refractivity contribution in [1.82, 2.24) is 0 Å². The molecule has 0 fully saturated rings. The van der Waals surface area contributed by atoms with Crippen molar-refractivity contribution in [3.63, 3.8) is 0 Å². The van der Waals surface area contributed by atoms with Crippen LogP contribution in [-0.2, 0) is 46.3 Å². The number of phosphoric acid groups is 2. The molecule has 0 aromatic heterocycles. The standard InChI is InChI=1S/C43H78O15P2/c1-3-5-7-9-11-13-15-16-17-18-19-20-22-24-26-28-30-32-43(48)54-34-40(45)36-56-60(51,52)58-38-41(46)37-57-59(49,50)55-35-39(44)33-53-42(47)31-29-27-25-23-21-14-12-10-8-6-4-2/h10-13,16-17,19-20,39-41,44-46H,3-9,14-15,18,21-38H2,1-2H3,(H,49,50)(H,51,52)/b12-10-,13-11-,17-16-,20-19-. The third-order valence-electron chi connectivity index (χ3n) is 8.76. The molecule has 0 rings (SSSR count). The fourth-order valence-corrected chi connectivity index (χ4v) is 6.85. The average Bonchev–Trinajstić information content (AvgIpc) is 3.22. The lowest BCUT2D eigenvalue weighted by molar-refractivity contribution is -0.148. The molecule has 350 valence electrons. The van der Waals surface area contributed by atoms with E-state index < -0.39 is 85.5 Å². The van der Waals surface area contributed by atoms with E-state index in [9.17, 15) is 43.8 Å². The number of allylic oxidation sites excluding steroid dienone is 8. The highest BCUT2D eigenvalue weighted by Crippen LogP contribution is 2.45. The van der Waals surface area contributed by atoms with Crippen LogP contribution in [0, 0.1) is 0 Å². The van der Waals surface area contributed by atoms with Gasteiger partial charge in [0.1, 0.15) is 31.5 Å². The van der Waals surface area contributed by atoms with Crippen molar-refractivity contribution in [3.8, 4) is 0 Å². The number of rotatable bonds is 42. The Hall–Kier alpha value is -2.00. The molecule has 0 aromatic carbocycles. The van der Waals surface area contributed by atoms with Crippen LogP contribution in [0.2, 0.25) is 0 Å². The Morgan fingerprint density at radius 2 is 0.733 bits per heavy atom. The van der Waals surface area contributed by atoms with Crippen LogP contribution >= 0.6 is 15.6 Å². The van der Waals surface area contributed by atoms with Crippen molar-refractivity contribution < 1.29 is 71.4 Å². The first-order valence-electron chi connectivity index (χ1n) is 22.0. The Labute approximate surface area is 359 Å². The second-order valence-electron chi connectivity index (χ2n) is 14.7. The van der Waals surface area contributed by atoms with Gasteiger partial charge in [-0.25, -0.2) is 9.13 Å². The highest BCUT2D eigenvalue weighted by atomic mass is 31.2. The van der Waals surface area contributed by atoms with Crippen molar-refractivity contribution in [2.75, 3.05) is 39.6 Å². The molecule has 0 heterocycles. The Balaban J connectivity index is 3.96. The Kier molecular flexibility index (Phi) is 38.5. The van der Waals surface area contributed by atoms with Crippen LogP contribution in [0.5, 0.6) is 0 Å². The molecule has 5 atom stereocenters. The molecule has 0 saturated heterocycles. The Bertz CT molecular complexity index is 1270. The molecule has 5 N–H and O–H groups in total. The summed E-state index contributed by atoms with van der Waals surface area (Å²) in [6.07, 6.45) is 34.0. The van der Waals surface area contributed by atoms with Crippen molar-refractivity contribution in [1.29, 1.82) is 0 Å². The molecule has 60 heavy (non-hydrogen) atoms. The van der Waals surface area contributed by atoms with E-state index >= 15 is 0 Å². The summed E-state index contributed by atoms with van der Waals surface area (Å²) in [6.45, 7) is 0.289. The molecule has 0 aliphatic rings. The zero-order valence-corrected chi connectivity index (χ0v) is 38.2. The van der Waals surface area contributed by atoms with Gasteiger partial charge in [-0.15, -0.1) is 0 Å². The summed E-state index contributed by atoms with van der Waals surface area (Å²) in [4.78, 5) is 43.6. The fraction of sp³-hybridized carbons (Fsp3) is 0.767. The average molecular weight is 897 g/mol. The van der Waals surface area contributed by atoms with E-state index in [-0.39, 0.29) is 12.8 Å². The molecule has 0 aliphatic heterocycles. The predicted octanol–water partition coefficient (Wildman–Crippen LogP) is 9.27. The maximum Gasteiger partial charge on any atom is 0.472 e. The maximum atomic E-state index is 12.1. The zero-order valence-electron chi connectivity index (χ0n) is 36.4. The fourth-order valence-electron chi connectivity index (χ4n) is 5.26. The van der Waals surface area contributed by atoms with Crippen LogP contribution in [0.4, 0.5) is 0 Å². The van der Waals surface area contributed by atoms with Gasteiger partial charge >= 0.3 is 27.6 Å². The van der Waals surface area contributed by atoms with Gasteiger partial charge in [0.25, 0.3) is 0 Å². The molecule has 5 unspecified atom stereocenters. The number of aliphatic hydroxyl groups excluding tert-OH is 3. The topological polar surface area (TPSA) is 225 Å². The lowest BCUT2D eigenvalue weighted by Crippen LogP contribution is -2.25. The van der Waals surface area contributed by atoms with Gasteiger partial charge in [0.2, 0.25) is 0 Å². The molecule has 0 bridgehead atoms. The minimum absolute atomic E-state index is 0.170. The maximum absolute atomic E-state index is 12.1. The minimum atomic E-state index is -4.79. The number of ether oxygens (including phenoxy) is 2. The van der Waals surface area contributed by atoms with E-state index in [0.29, 0.717) is 12.8 Å². The molecule has 0 aromatic rings. The van der Waals surface area contributed by atoms with E-state index in [2.05, 4.69) is 80.6 Å². The smallest absolute Gasteiger partial charge is 0.463 e. The molecule has 0 spiro atoms. The number of phosphoric ester groups is 2. The summed E-state index contributed by atoms with van der Waals surface area (Å²) in [6, 6.07) is 0. The van der Waals surface area contributed by atoms with Crippen LogP contribution in [0.3, 0.4) is 0 Å². The summed E-state index contributed by atoms with van der Waals surface area (Å²) < 4.78 is 52.8. The SMILES string of the molecule is CCCC/C=C\CCCCCCCC(=O)OCC(O)COP(=O)(O)OCC(O)COP(=O)(O)OCC(O)COC(=O)CCCCCC/C=C\C/C=C\C/C=C\CCCCC. The van der Waals surface area contributed by atoms with Crippen molar-refractivity contribution >= 4 is 27.6 Å². The van der Waals surface area contributed by atoms with Gasteiger partial charge < -0.3 is 34.6 Å². The molecular weight excluding hydrogens is 818 g/mol. The highest BCUT2D eigenvalue weighted by molar-refractivity contribution is 7.47.